The van der Waals surface area contributed by atoms with Gasteiger partial charge in [0.15, 0.2) is 0 Å². The van der Waals surface area contributed by atoms with E-state index < -0.39 is 0 Å². The number of benzene rings is 1. The van der Waals surface area contributed by atoms with Crippen LogP contribution in [0.3, 0.4) is 0 Å². The van der Waals surface area contributed by atoms with E-state index in [4.69, 9.17) is 0 Å². The van der Waals surface area contributed by atoms with E-state index in [0.29, 0.717) is 12.1 Å². The number of carbonyl (C=O) groups is 1. The fourth-order valence-corrected chi connectivity index (χ4v) is 4.43. The average Bonchev–Trinajstić information content (AvgIpc) is 3.09. The molecule has 1 aromatic carbocycles. The highest BCUT2D eigenvalue weighted by atomic mass is 32.2. The highest BCUT2D eigenvalue weighted by molar-refractivity contribution is 7.99. The van der Waals surface area contributed by atoms with Crippen LogP contribution in [-0.4, -0.2) is 41.9 Å². The van der Waals surface area contributed by atoms with E-state index in [0.717, 1.165) is 37.4 Å². The molecule has 5 heteroatoms. The third kappa shape index (κ3) is 4.90. The fraction of sp³-hybridized carbons (Fsp3) is 0.632. The monoisotopic (exact) mass is 347 g/mol. The van der Waals surface area contributed by atoms with Crippen LogP contribution in [-0.2, 0) is 0 Å². The molecule has 1 saturated heterocycles. The summed E-state index contributed by atoms with van der Waals surface area (Å²) in [6.45, 7) is 3.83. The second-order valence-electron chi connectivity index (χ2n) is 6.80. The van der Waals surface area contributed by atoms with Crippen LogP contribution in [0.15, 0.2) is 29.2 Å². The van der Waals surface area contributed by atoms with E-state index in [1.54, 1.807) is 11.8 Å². The molecule has 1 saturated carbocycles. The van der Waals surface area contributed by atoms with E-state index in [9.17, 15) is 4.79 Å². The lowest BCUT2D eigenvalue weighted by atomic mass is 10.0. The lowest BCUT2D eigenvalue weighted by Crippen LogP contribution is -2.48. The van der Waals surface area contributed by atoms with Gasteiger partial charge in [-0.1, -0.05) is 25.8 Å². The Hall–Kier alpha value is -1.20. The number of carbonyl (C=O) groups excluding carboxylic acids is 1. The molecule has 0 aromatic heterocycles. The van der Waals surface area contributed by atoms with Gasteiger partial charge in [0.2, 0.25) is 0 Å². The van der Waals surface area contributed by atoms with Gasteiger partial charge in [0.25, 0.3) is 0 Å². The highest BCUT2D eigenvalue weighted by Crippen LogP contribution is 2.23. The van der Waals surface area contributed by atoms with Crippen molar-refractivity contribution in [3.63, 3.8) is 0 Å². The Balaban J connectivity index is 1.45. The largest absolute Gasteiger partial charge is 0.324 e. The van der Waals surface area contributed by atoms with Crippen LogP contribution >= 0.6 is 11.8 Å². The third-order valence-corrected chi connectivity index (χ3v) is 5.88. The molecule has 1 heterocycles. The second kappa shape index (κ2) is 8.77. The van der Waals surface area contributed by atoms with Crippen LogP contribution in [0.4, 0.5) is 10.5 Å². The van der Waals surface area contributed by atoms with E-state index in [1.165, 1.54) is 30.6 Å². The molecule has 0 atom stereocenters. The quantitative estimate of drug-likeness (QED) is 0.779. The van der Waals surface area contributed by atoms with Crippen LogP contribution in [0, 0.1) is 0 Å². The molecule has 132 valence electrons. The Morgan fingerprint density at radius 2 is 1.88 bits per heavy atom. The van der Waals surface area contributed by atoms with Gasteiger partial charge in [0, 0.05) is 35.8 Å². The molecule has 2 N–H and O–H groups in total. The Bertz CT molecular complexity index is 537. The minimum Gasteiger partial charge on any atom is -0.324 e. The summed E-state index contributed by atoms with van der Waals surface area (Å²) in [6.07, 6.45) is 7.52. The molecular formula is C19H29N3OS. The Labute approximate surface area is 149 Å². The lowest BCUT2D eigenvalue weighted by molar-refractivity contribution is 0.186. The maximum atomic E-state index is 12.5. The van der Waals surface area contributed by atoms with Gasteiger partial charge < -0.3 is 15.5 Å². The van der Waals surface area contributed by atoms with E-state index >= 15 is 0 Å². The first-order valence-corrected chi connectivity index (χ1v) is 10.3. The van der Waals surface area contributed by atoms with Crippen molar-refractivity contribution in [2.24, 2.45) is 0 Å². The zero-order chi connectivity index (χ0) is 16.8. The Morgan fingerprint density at radius 1 is 1.17 bits per heavy atom. The van der Waals surface area contributed by atoms with Gasteiger partial charge in [0.1, 0.15) is 0 Å². The molecule has 0 bridgehead atoms. The summed E-state index contributed by atoms with van der Waals surface area (Å²) in [6, 6.07) is 9.45. The lowest BCUT2D eigenvalue weighted by Gasteiger charge is -2.34. The van der Waals surface area contributed by atoms with Gasteiger partial charge in [-0.05, 0) is 49.6 Å². The van der Waals surface area contributed by atoms with Gasteiger partial charge in [-0.2, -0.15) is 0 Å². The normalized spacial score (nSPS) is 19.6. The minimum absolute atomic E-state index is 0.0352. The predicted octanol–water partition coefficient (Wildman–Crippen LogP) is 4.33. The van der Waals surface area contributed by atoms with Crippen LogP contribution < -0.4 is 10.6 Å². The topological polar surface area (TPSA) is 44.4 Å². The van der Waals surface area contributed by atoms with Gasteiger partial charge in [-0.15, -0.1) is 11.8 Å². The average molecular weight is 348 g/mol. The zero-order valence-corrected chi connectivity index (χ0v) is 15.4. The summed E-state index contributed by atoms with van der Waals surface area (Å²) in [4.78, 5) is 15.6. The summed E-state index contributed by atoms with van der Waals surface area (Å²) in [5.74, 6) is 1.04. The van der Waals surface area contributed by atoms with Crippen molar-refractivity contribution in [2.45, 2.75) is 62.4 Å². The van der Waals surface area contributed by atoms with Crippen molar-refractivity contribution in [3.05, 3.63) is 24.3 Å². The van der Waals surface area contributed by atoms with Crippen molar-refractivity contribution < 1.29 is 4.79 Å². The fourth-order valence-electron chi connectivity index (χ4n) is 3.71. The number of rotatable bonds is 5. The second-order valence-corrected chi connectivity index (χ2v) is 8.14. The van der Waals surface area contributed by atoms with Crippen molar-refractivity contribution in [3.8, 4) is 0 Å². The molecule has 1 aromatic rings. The number of hydrogen-bond acceptors (Lipinski definition) is 3. The first kappa shape index (κ1) is 17.6. The predicted molar refractivity (Wildman–Crippen MR) is 102 cm³/mol. The number of hydrogen-bond donors (Lipinski definition) is 2. The molecule has 2 aliphatic rings. The van der Waals surface area contributed by atoms with E-state index in [1.807, 2.05) is 17.0 Å². The SMILES string of the molecule is CCSc1cccc(NC(=O)N2CCC(NC3CCCC3)CC2)c1. The van der Waals surface area contributed by atoms with E-state index in [-0.39, 0.29) is 6.03 Å². The number of anilines is 1. The van der Waals surface area contributed by atoms with Gasteiger partial charge in [-0.25, -0.2) is 4.79 Å². The molecular weight excluding hydrogens is 318 g/mol. The number of nitrogens with one attached hydrogen (secondary N) is 2. The molecule has 0 radical (unpaired) electrons. The van der Waals surface area contributed by atoms with Crippen molar-refractivity contribution in [1.82, 2.24) is 10.2 Å². The van der Waals surface area contributed by atoms with E-state index in [2.05, 4.69) is 29.7 Å². The van der Waals surface area contributed by atoms with Crippen LogP contribution in [0.5, 0.6) is 0 Å². The molecule has 1 aliphatic carbocycles. The number of amides is 2. The third-order valence-electron chi connectivity index (χ3n) is 5.01. The van der Waals surface area contributed by atoms with Crippen molar-refractivity contribution in [2.75, 3.05) is 24.2 Å². The molecule has 0 spiro atoms. The summed E-state index contributed by atoms with van der Waals surface area (Å²) in [7, 11) is 0. The molecule has 0 unspecified atom stereocenters. The number of nitrogens with zero attached hydrogens (tertiary/aromatic N) is 1. The number of thioether (sulfide) groups is 1. The van der Waals surface area contributed by atoms with Crippen LogP contribution in [0.1, 0.15) is 45.4 Å². The summed E-state index contributed by atoms with van der Waals surface area (Å²) in [5.41, 5.74) is 0.893. The van der Waals surface area contributed by atoms with Gasteiger partial charge in [0.05, 0.1) is 0 Å². The smallest absolute Gasteiger partial charge is 0.321 e. The first-order valence-electron chi connectivity index (χ1n) is 9.29. The minimum atomic E-state index is 0.0352. The van der Waals surface area contributed by atoms with Crippen LogP contribution in [0.2, 0.25) is 0 Å². The molecule has 1 aliphatic heterocycles. The molecule has 24 heavy (non-hydrogen) atoms. The standard InChI is InChI=1S/C19H29N3OS/c1-2-24-18-9-5-8-17(14-18)21-19(23)22-12-10-16(11-13-22)20-15-6-3-4-7-15/h5,8-9,14-16,20H,2-4,6-7,10-13H2,1H3,(H,21,23). The number of urea groups is 1. The number of likely N-dealkylation sites (tertiary alicyclic amines) is 1. The molecule has 3 rings (SSSR count). The Morgan fingerprint density at radius 3 is 2.58 bits per heavy atom. The van der Waals surface area contributed by atoms with Gasteiger partial charge in [-0.3, -0.25) is 0 Å². The van der Waals surface area contributed by atoms with Gasteiger partial charge >= 0.3 is 6.03 Å². The summed E-state index contributed by atoms with van der Waals surface area (Å²) in [5, 5.41) is 6.84. The van der Waals surface area contributed by atoms with Crippen LogP contribution in [0.25, 0.3) is 0 Å². The van der Waals surface area contributed by atoms with Crippen molar-refractivity contribution >= 4 is 23.5 Å². The van der Waals surface area contributed by atoms with Crippen molar-refractivity contribution in [1.29, 1.82) is 0 Å². The first-order chi connectivity index (χ1) is 11.7. The zero-order valence-electron chi connectivity index (χ0n) is 14.6. The maximum Gasteiger partial charge on any atom is 0.321 e. The summed E-state index contributed by atoms with van der Waals surface area (Å²) < 4.78 is 0. The summed E-state index contributed by atoms with van der Waals surface area (Å²) >= 11 is 1.79. The number of piperidine rings is 1. The highest BCUT2D eigenvalue weighted by Gasteiger charge is 2.25. The Kier molecular flexibility index (Phi) is 6.44. The molecule has 2 amide bonds. The molecule has 2 fully saturated rings. The molecule has 4 nitrogen and oxygen atoms in total. The maximum absolute atomic E-state index is 12.5.